The number of halogens is 3. The molecule has 0 spiro atoms. The van der Waals surface area contributed by atoms with E-state index in [1.54, 1.807) is 73.8 Å². The second-order valence-corrected chi connectivity index (χ2v) is 7.35. The average molecular weight is 480 g/mol. The molecule has 1 aromatic heterocycles. The first-order valence-corrected chi connectivity index (χ1v) is 10.3. The number of nitrogens with one attached hydrogen (secondary N) is 2. The highest BCUT2D eigenvalue weighted by molar-refractivity contribution is 6.00. The molecular formula is C25H19F3N4O3. The minimum atomic E-state index is -5.06. The van der Waals surface area contributed by atoms with E-state index in [2.05, 4.69) is 10.4 Å². The number of carbonyl (C=O) groups excluding carboxylic acids is 2. The van der Waals surface area contributed by atoms with Crippen molar-refractivity contribution in [3.8, 4) is 17.0 Å². The molecule has 0 fully saturated rings. The number of hydrogen-bond donors (Lipinski definition) is 2. The number of anilines is 3. The highest BCUT2D eigenvalue weighted by Crippen LogP contribution is 2.30. The molecule has 10 heteroatoms. The Hall–Kier alpha value is -4.60. The third-order valence-corrected chi connectivity index (χ3v) is 5.00. The summed E-state index contributed by atoms with van der Waals surface area (Å²) in [6.45, 7) is 0. The second kappa shape index (κ2) is 9.72. The molecule has 0 bridgehead atoms. The molecule has 4 aromatic rings. The molecule has 0 atom stereocenters. The maximum absolute atomic E-state index is 13.2. The van der Waals surface area contributed by atoms with Crippen molar-refractivity contribution in [2.75, 3.05) is 17.7 Å². The SMILES string of the molecule is COc1ccc(-c2cc(Nc3ccccc3NC(=O)C(F)(F)F)n(C(=O)c3ccccc3)n2)cc1. The number of alkyl halides is 3. The molecule has 0 saturated heterocycles. The van der Waals surface area contributed by atoms with Crippen LogP contribution < -0.4 is 15.4 Å². The highest BCUT2D eigenvalue weighted by Gasteiger charge is 2.39. The lowest BCUT2D eigenvalue weighted by Crippen LogP contribution is -2.30. The van der Waals surface area contributed by atoms with Crippen molar-refractivity contribution in [1.82, 2.24) is 9.78 Å². The Kier molecular flexibility index (Phi) is 6.54. The smallest absolute Gasteiger partial charge is 0.471 e. The molecule has 1 amide bonds. The summed E-state index contributed by atoms with van der Waals surface area (Å²) in [5, 5.41) is 9.22. The van der Waals surface area contributed by atoms with Gasteiger partial charge in [-0.05, 0) is 48.5 Å². The van der Waals surface area contributed by atoms with Crippen molar-refractivity contribution >= 4 is 29.0 Å². The van der Waals surface area contributed by atoms with Gasteiger partial charge in [-0.3, -0.25) is 9.59 Å². The summed E-state index contributed by atoms with van der Waals surface area (Å²) in [6, 6.07) is 22.9. The Morgan fingerprint density at radius 2 is 1.51 bits per heavy atom. The zero-order valence-electron chi connectivity index (χ0n) is 18.3. The van der Waals surface area contributed by atoms with Crippen molar-refractivity contribution in [2.45, 2.75) is 6.18 Å². The molecule has 0 unspecified atom stereocenters. The van der Waals surface area contributed by atoms with Gasteiger partial charge >= 0.3 is 12.1 Å². The lowest BCUT2D eigenvalue weighted by Gasteiger charge is -2.14. The van der Waals surface area contributed by atoms with Gasteiger partial charge in [-0.25, -0.2) is 0 Å². The first kappa shape index (κ1) is 23.6. The van der Waals surface area contributed by atoms with Crippen LogP contribution in [0.3, 0.4) is 0 Å². The lowest BCUT2D eigenvalue weighted by atomic mass is 10.1. The van der Waals surface area contributed by atoms with Crippen LogP contribution in [0.4, 0.5) is 30.4 Å². The minimum Gasteiger partial charge on any atom is -0.497 e. The van der Waals surface area contributed by atoms with Crippen LogP contribution in [-0.2, 0) is 4.79 Å². The number of para-hydroxylation sites is 2. The molecule has 0 aliphatic heterocycles. The predicted octanol–water partition coefficient (Wildman–Crippen LogP) is 5.49. The summed E-state index contributed by atoms with van der Waals surface area (Å²) in [5.41, 5.74) is 1.52. The van der Waals surface area contributed by atoms with Gasteiger partial charge in [-0.2, -0.15) is 23.0 Å². The fourth-order valence-corrected chi connectivity index (χ4v) is 3.26. The van der Waals surface area contributed by atoms with Crippen LogP contribution in [0.1, 0.15) is 10.4 Å². The van der Waals surface area contributed by atoms with Crippen molar-refractivity contribution < 1.29 is 27.5 Å². The first-order valence-electron chi connectivity index (χ1n) is 10.3. The van der Waals surface area contributed by atoms with Crippen LogP contribution >= 0.6 is 0 Å². The van der Waals surface area contributed by atoms with Gasteiger partial charge in [0.2, 0.25) is 0 Å². The minimum absolute atomic E-state index is 0.110. The third kappa shape index (κ3) is 5.32. The molecule has 0 radical (unpaired) electrons. The molecule has 0 saturated carbocycles. The normalized spacial score (nSPS) is 11.1. The summed E-state index contributed by atoms with van der Waals surface area (Å²) in [5.74, 6) is -1.73. The van der Waals surface area contributed by atoms with Crippen LogP contribution in [0.15, 0.2) is 84.9 Å². The summed E-state index contributed by atoms with van der Waals surface area (Å²) < 4.78 is 44.7. The zero-order valence-corrected chi connectivity index (χ0v) is 18.3. The van der Waals surface area contributed by atoms with Crippen molar-refractivity contribution in [3.05, 3.63) is 90.5 Å². The highest BCUT2D eigenvalue weighted by atomic mass is 19.4. The zero-order chi connectivity index (χ0) is 25.0. The number of amides is 1. The van der Waals surface area contributed by atoms with Crippen LogP contribution in [0, 0.1) is 0 Å². The number of hydrogen-bond acceptors (Lipinski definition) is 5. The van der Waals surface area contributed by atoms with E-state index in [1.165, 1.54) is 18.2 Å². The van der Waals surface area contributed by atoms with Gasteiger partial charge in [0.05, 0.1) is 24.2 Å². The molecule has 0 aliphatic carbocycles. The van der Waals surface area contributed by atoms with Gasteiger partial charge in [-0.1, -0.05) is 30.3 Å². The van der Waals surface area contributed by atoms with E-state index < -0.39 is 18.0 Å². The summed E-state index contributed by atoms with van der Waals surface area (Å²) in [4.78, 5) is 24.7. The first-order chi connectivity index (χ1) is 16.8. The number of benzene rings is 3. The Morgan fingerprint density at radius 1 is 0.886 bits per heavy atom. The number of nitrogens with zero attached hydrogens (tertiary/aromatic N) is 2. The van der Waals surface area contributed by atoms with Crippen molar-refractivity contribution in [2.24, 2.45) is 0 Å². The van der Waals surface area contributed by atoms with Gasteiger partial charge < -0.3 is 15.4 Å². The molecule has 0 aliphatic rings. The fraction of sp³-hybridized carbons (Fsp3) is 0.0800. The maximum Gasteiger partial charge on any atom is 0.471 e. The Bertz CT molecular complexity index is 1350. The molecule has 35 heavy (non-hydrogen) atoms. The fourth-order valence-electron chi connectivity index (χ4n) is 3.26. The van der Waals surface area contributed by atoms with Crippen molar-refractivity contribution in [1.29, 1.82) is 0 Å². The van der Waals surface area contributed by atoms with Gasteiger partial charge in [0.25, 0.3) is 5.91 Å². The van der Waals surface area contributed by atoms with Gasteiger partial charge in [-0.15, -0.1) is 0 Å². The van der Waals surface area contributed by atoms with E-state index in [9.17, 15) is 22.8 Å². The van der Waals surface area contributed by atoms with Gasteiger partial charge in [0.1, 0.15) is 11.6 Å². The molecule has 1 heterocycles. The maximum atomic E-state index is 13.2. The van der Waals surface area contributed by atoms with E-state index in [4.69, 9.17) is 4.74 Å². The molecule has 2 N–H and O–H groups in total. The van der Waals surface area contributed by atoms with E-state index in [1.807, 2.05) is 5.32 Å². The molecule has 178 valence electrons. The molecular weight excluding hydrogens is 461 g/mol. The summed E-state index contributed by atoms with van der Waals surface area (Å²) in [7, 11) is 1.54. The van der Waals surface area contributed by atoms with Crippen LogP contribution in [0.25, 0.3) is 11.3 Å². The quantitative estimate of drug-likeness (QED) is 0.381. The molecule has 3 aromatic carbocycles. The predicted molar refractivity (Wildman–Crippen MR) is 125 cm³/mol. The van der Waals surface area contributed by atoms with Crippen LogP contribution in [0.5, 0.6) is 5.75 Å². The number of rotatable bonds is 6. The van der Waals surface area contributed by atoms with Crippen molar-refractivity contribution in [3.63, 3.8) is 0 Å². The molecule has 4 rings (SSSR count). The van der Waals surface area contributed by atoms with Gasteiger partial charge in [0.15, 0.2) is 0 Å². The third-order valence-electron chi connectivity index (χ3n) is 5.00. The number of carbonyl (C=O) groups is 2. The number of ether oxygens (including phenoxy) is 1. The summed E-state index contributed by atoms with van der Waals surface area (Å²) in [6.07, 6.45) is -5.06. The second-order valence-electron chi connectivity index (χ2n) is 7.35. The Balaban J connectivity index is 1.74. The van der Waals surface area contributed by atoms with E-state index in [-0.39, 0.29) is 17.2 Å². The van der Waals surface area contributed by atoms with E-state index >= 15 is 0 Å². The Labute approximate surface area is 198 Å². The largest absolute Gasteiger partial charge is 0.497 e. The number of methoxy groups -OCH3 is 1. The van der Waals surface area contributed by atoms with E-state index in [0.717, 1.165) is 4.68 Å². The monoisotopic (exact) mass is 480 g/mol. The average Bonchev–Trinajstić information content (AvgIpc) is 3.28. The standard InChI is InChI=1S/C25H19F3N4O3/c1-35-18-13-11-16(12-14-18)21-15-22(32(31-21)23(33)17-7-3-2-4-8-17)29-19-9-5-6-10-20(19)30-24(34)25(26,27)28/h2-15,29H,1H3,(H,30,34). The summed E-state index contributed by atoms with van der Waals surface area (Å²) >= 11 is 0. The lowest BCUT2D eigenvalue weighted by molar-refractivity contribution is -0.167. The topological polar surface area (TPSA) is 85.2 Å². The van der Waals surface area contributed by atoms with Gasteiger partial charge in [0, 0.05) is 17.2 Å². The van der Waals surface area contributed by atoms with Crippen LogP contribution in [0.2, 0.25) is 0 Å². The Morgan fingerprint density at radius 3 is 2.14 bits per heavy atom. The van der Waals surface area contributed by atoms with E-state index in [0.29, 0.717) is 22.6 Å². The van der Waals surface area contributed by atoms with Crippen LogP contribution in [-0.4, -0.2) is 34.9 Å². The number of aromatic nitrogens is 2. The molecule has 7 nitrogen and oxygen atoms in total.